The molecule has 32 heavy (non-hydrogen) atoms. The van der Waals surface area contributed by atoms with Crippen LogP contribution in [0.15, 0.2) is 51.7 Å². The van der Waals surface area contributed by atoms with Gasteiger partial charge in [-0.15, -0.1) is 10.2 Å². The van der Waals surface area contributed by atoms with E-state index in [1.165, 1.54) is 6.07 Å². The molecule has 0 aliphatic carbocycles. The molecule has 5 aromatic rings. The number of halogens is 1. The number of nitrogens with zero attached hydrogens (tertiary/aromatic N) is 6. The van der Waals surface area contributed by atoms with Gasteiger partial charge in [-0.3, -0.25) is 9.48 Å². The lowest BCUT2D eigenvalue weighted by Crippen LogP contribution is -2.40. The molecule has 0 fully saturated rings. The Hall–Kier alpha value is -4.28. The van der Waals surface area contributed by atoms with E-state index in [-0.39, 0.29) is 11.8 Å². The normalized spacial score (nSPS) is 15.9. The second-order valence-electron chi connectivity index (χ2n) is 7.50. The molecule has 0 saturated carbocycles. The van der Waals surface area contributed by atoms with Crippen LogP contribution in [-0.4, -0.2) is 47.3 Å². The standard InChI is InChI=1S/C21H16FN7O3/c1-28-7-5-14(27-28)19-25-26-20(32-19)21(30)29-8-6-13-17(24-10-23-13)18(29)16-9-11-12(22)3-2-4-15(11)31-16/h2-5,7,9-10,18H,6,8H2,1H3,(H,23,24)/t18-/m1/s1. The number of rotatable bonds is 3. The first-order valence-corrected chi connectivity index (χ1v) is 9.93. The molecule has 160 valence electrons. The van der Waals surface area contributed by atoms with Crippen LogP contribution in [0.5, 0.6) is 0 Å². The molecule has 5 heterocycles. The van der Waals surface area contributed by atoms with E-state index in [2.05, 4.69) is 25.3 Å². The van der Waals surface area contributed by atoms with Gasteiger partial charge in [0.15, 0.2) is 0 Å². The lowest BCUT2D eigenvalue weighted by molar-refractivity contribution is 0.0632. The summed E-state index contributed by atoms with van der Waals surface area (Å²) in [5, 5.41) is 12.4. The molecule has 0 radical (unpaired) electrons. The Morgan fingerprint density at radius 1 is 1.25 bits per heavy atom. The summed E-state index contributed by atoms with van der Waals surface area (Å²) in [5.41, 5.74) is 2.38. The molecule has 0 saturated heterocycles. The van der Waals surface area contributed by atoms with Crippen molar-refractivity contribution in [2.24, 2.45) is 7.05 Å². The number of imidazole rings is 1. The maximum absolute atomic E-state index is 14.3. The molecule has 4 aromatic heterocycles. The largest absolute Gasteiger partial charge is 0.458 e. The first-order chi connectivity index (χ1) is 15.6. The lowest BCUT2D eigenvalue weighted by Gasteiger charge is -2.32. The van der Waals surface area contributed by atoms with Gasteiger partial charge in [-0.25, -0.2) is 9.37 Å². The van der Waals surface area contributed by atoms with Gasteiger partial charge in [-0.05, 0) is 24.3 Å². The third-order valence-electron chi connectivity index (χ3n) is 5.52. The van der Waals surface area contributed by atoms with Crippen LogP contribution in [0.1, 0.15) is 33.9 Å². The van der Waals surface area contributed by atoms with E-state index in [4.69, 9.17) is 8.83 Å². The van der Waals surface area contributed by atoms with Crippen molar-refractivity contribution in [3.8, 4) is 11.6 Å². The highest BCUT2D eigenvalue weighted by Gasteiger charge is 2.38. The lowest BCUT2D eigenvalue weighted by atomic mass is 10.00. The molecular formula is C21H16FN7O3. The number of carbonyl (C=O) groups is 1. The number of aromatic amines is 1. The molecule has 10 nitrogen and oxygen atoms in total. The Bertz CT molecular complexity index is 1460. The summed E-state index contributed by atoms with van der Waals surface area (Å²) in [4.78, 5) is 22.5. The molecule has 1 aliphatic heterocycles. The smallest absolute Gasteiger partial charge is 0.312 e. The monoisotopic (exact) mass is 433 g/mol. The molecule has 1 N–H and O–H groups in total. The van der Waals surface area contributed by atoms with Crippen molar-refractivity contribution < 1.29 is 18.0 Å². The summed E-state index contributed by atoms with van der Waals surface area (Å²) in [6.45, 7) is 0.361. The minimum Gasteiger partial charge on any atom is -0.458 e. The van der Waals surface area contributed by atoms with Crippen molar-refractivity contribution >= 4 is 16.9 Å². The van der Waals surface area contributed by atoms with Crippen LogP contribution in [-0.2, 0) is 13.5 Å². The van der Waals surface area contributed by atoms with Crippen LogP contribution in [0.25, 0.3) is 22.6 Å². The van der Waals surface area contributed by atoms with Gasteiger partial charge in [-0.2, -0.15) is 5.10 Å². The molecule has 0 spiro atoms. The van der Waals surface area contributed by atoms with Crippen LogP contribution in [0.2, 0.25) is 0 Å². The minimum absolute atomic E-state index is 0.147. The highest BCUT2D eigenvalue weighted by Crippen LogP contribution is 2.37. The average Bonchev–Trinajstić information content (AvgIpc) is 3.57. The van der Waals surface area contributed by atoms with Crippen LogP contribution >= 0.6 is 0 Å². The van der Waals surface area contributed by atoms with Crippen molar-refractivity contribution in [1.82, 2.24) is 34.8 Å². The van der Waals surface area contributed by atoms with Gasteiger partial charge in [0.1, 0.15) is 28.9 Å². The molecular weight excluding hydrogens is 417 g/mol. The minimum atomic E-state index is -0.672. The van der Waals surface area contributed by atoms with Crippen molar-refractivity contribution in [3.63, 3.8) is 0 Å². The van der Waals surface area contributed by atoms with Gasteiger partial charge in [-0.1, -0.05) is 6.07 Å². The van der Waals surface area contributed by atoms with E-state index in [0.29, 0.717) is 41.1 Å². The molecule has 1 amide bonds. The molecule has 0 bridgehead atoms. The zero-order valence-electron chi connectivity index (χ0n) is 16.8. The number of furan rings is 1. The third-order valence-corrected chi connectivity index (χ3v) is 5.52. The predicted molar refractivity (Wildman–Crippen MR) is 108 cm³/mol. The van der Waals surface area contributed by atoms with Gasteiger partial charge in [0.2, 0.25) is 0 Å². The number of amides is 1. The SMILES string of the molecule is Cn1ccc(-c2nnc(C(=O)N3CCc4[nH]cnc4[C@H]3c3cc4c(F)cccc4o3)o2)n1. The number of benzene rings is 1. The molecule has 0 unspecified atom stereocenters. The maximum atomic E-state index is 14.3. The topological polar surface area (TPSA) is 119 Å². The zero-order valence-corrected chi connectivity index (χ0v) is 16.8. The van der Waals surface area contributed by atoms with E-state index >= 15 is 0 Å². The summed E-state index contributed by atoms with van der Waals surface area (Å²) in [6, 6.07) is 7.26. The molecule has 1 aromatic carbocycles. The number of H-pyrrole nitrogens is 1. The predicted octanol–water partition coefficient (Wildman–Crippen LogP) is 2.87. The van der Waals surface area contributed by atoms with E-state index in [0.717, 1.165) is 5.69 Å². The summed E-state index contributed by atoms with van der Waals surface area (Å²) in [6.07, 6.45) is 3.87. The van der Waals surface area contributed by atoms with E-state index < -0.39 is 17.8 Å². The van der Waals surface area contributed by atoms with Crippen LogP contribution < -0.4 is 0 Å². The van der Waals surface area contributed by atoms with Crippen molar-refractivity contribution in [2.45, 2.75) is 12.5 Å². The fourth-order valence-corrected chi connectivity index (χ4v) is 4.03. The van der Waals surface area contributed by atoms with Gasteiger partial charge in [0.05, 0.1) is 17.4 Å². The quantitative estimate of drug-likeness (QED) is 0.465. The highest BCUT2D eigenvalue weighted by atomic mass is 19.1. The van der Waals surface area contributed by atoms with Gasteiger partial charge < -0.3 is 18.7 Å². The Labute approximate surface area is 179 Å². The Kier molecular flexibility index (Phi) is 3.97. The molecule has 1 atom stereocenters. The van der Waals surface area contributed by atoms with Gasteiger partial charge in [0, 0.05) is 31.9 Å². The number of hydrogen-bond donors (Lipinski definition) is 1. The summed E-state index contributed by atoms with van der Waals surface area (Å²) in [7, 11) is 1.77. The third kappa shape index (κ3) is 2.82. The van der Waals surface area contributed by atoms with Crippen LogP contribution in [0.4, 0.5) is 4.39 Å². The number of aromatic nitrogens is 6. The number of carbonyl (C=O) groups excluding carboxylic acids is 1. The second-order valence-corrected chi connectivity index (χ2v) is 7.50. The fourth-order valence-electron chi connectivity index (χ4n) is 4.03. The fraction of sp³-hybridized carbons (Fsp3) is 0.190. The summed E-state index contributed by atoms with van der Waals surface area (Å²) < 4.78 is 27.4. The summed E-state index contributed by atoms with van der Waals surface area (Å²) in [5.74, 6) is -0.494. The van der Waals surface area contributed by atoms with Crippen LogP contribution in [0, 0.1) is 5.82 Å². The summed E-state index contributed by atoms with van der Waals surface area (Å²) >= 11 is 0. The number of nitrogens with one attached hydrogen (secondary N) is 1. The average molecular weight is 433 g/mol. The highest BCUT2D eigenvalue weighted by molar-refractivity contribution is 5.90. The number of hydrogen-bond acceptors (Lipinski definition) is 7. The van der Waals surface area contributed by atoms with Crippen LogP contribution in [0.3, 0.4) is 0 Å². The second kappa shape index (κ2) is 6.87. The Balaban J connectivity index is 1.41. The maximum Gasteiger partial charge on any atom is 0.312 e. The van der Waals surface area contributed by atoms with Crippen molar-refractivity contribution in [1.29, 1.82) is 0 Å². The van der Waals surface area contributed by atoms with Crippen molar-refractivity contribution in [3.05, 3.63) is 71.7 Å². The number of fused-ring (bicyclic) bond motifs is 2. The Morgan fingerprint density at radius 3 is 2.97 bits per heavy atom. The van der Waals surface area contributed by atoms with Gasteiger partial charge in [0.25, 0.3) is 5.89 Å². The van der Waals surface area contributed by atoms with Crippen molar-refractivity contribution in [2.75, 3.05) is 6.54 Å². The van der Waals surface area contributed by atoms with E-state index in [1.807, 2.05) is 0 Å². The zero-order chi connectivity index (χ0) is 21.8. The first-order valence-electron chi connectivity index (χ1n) is 9.93. The molecule has 6 rings (SSSR count). The Morgan fingerprint density at radius 2 is 2.16 bits per heavy atom. The van der Waals surface area contributed by atoms with E-state index in [9.17, 15) is 9.18 Å². The van der Waals surface area contributed by atoms with Gasteiger partial charge >= 0.3 is 11.8 Å². The molecule has 11 heteroatoms. The number of aryl methyl sites for hydroxylation is 1. The van der Waals surface area contributed by atoms with E-state index in [1.54, 1.807) is 53.4 Å². The molecule has 1 aliphatic rings. The first kappa shape index (κ1) is 18.5.